The summed E-state index contributed by atoms with van der Waals surface area (Å²) in [6.07, 6.45) is 0.395. The first-order valence-corrected chi connectivity index (χ1v) is 7.76. The smallest absolute Gasteiger partial charge is 0.227 e. The van der Waals surface area contributed by atoms with E-state index >= 15 is 0 Å². The Bertz CT molecular complexity index is 727. The molecule has 23 heavy (non-hydrogen) atoms. The fourth-order valence-corrected chi connectivity index (χ4v) is 3.11. The highest BCUT2D eigenvalue weighted by Gasteiger charge is 2.32. The third-order valence-electron chi connectivity index (χ3n) is 4.39. The molecule has 1 aliphatic heterocycles. The minimum atomic E-state index is 0.0174. The topological polar surface area (TPSA) is 40.6 Å². The molecule has 4 nitrogen and oxygen atoms in total. The lowest BCUT2D eigenvalue weighted by Gasteiger charge is -2.20. The van der Waals surface area contributed by atoms with Crippen LogP contribution in [0.15, 0.2) is 54.6 Å². The van der Waals surface area contributed by atoms with Crippen molar-refractivity contribution in [2.24, 2.45) is 0 Å². The van der Waals surface area contributed by atoms with Gasteiger partial charge in [-0.3, -0.25) is 9.59 Å². The summed E-state index contributed by atoms with van der Waals surface area (Å²) in [6.45, 7) is 2.14. The normalized spacial score (nSPS) is 16.1. The molecule has 4 heteroatoms. The summed E-state index contributed by atoms with van der Waals surface area (Å²) in [5.41, 5.74) is 2.89. The average Bonchev–Trinajstić information content (AvgIpc) is 2.94. The molecular formula is C19H20N2O2. The fourth-order valence-electron chi connectivity index (χ4n) is 3.11. The Morgan fingerprint density at radius 3 is 2.43 bits per heavy atom. The van der Waals surface area contributed by atoms with Crippen LogP contribution in [0.2, 0.25) is 0 Å². The van der Waals surface area contributed by atoms with Gasteiger partial charge in [-0.2, -0.15) is 0 Å². The molecule has 0 spiro atoms. The molecule has 1 atom stereocenters. The predicted molar refractivity (Wildman–Crippen MR) is 91.7 cm³/mol. The molecule has 0 saturated heterocycles. The third kappa shape index (κ3) is 2.97. The van der Waals surface area contributed by atoms with Crippen molar-refractivity contribution in [1.29, 1.82) is 0 Å². The van der Waals surface area contributed by atoms with Crippen LogP contribution in [0.1, 0.15) is 24.8 Å². The number of amides is 2. The van der Waals surface area contributed by atoms with Crippen LogP contribution in [-0.2, 0) is 9.59 Å². The van der Waals surface area contributed by atoms with Crippen molar-refractivity contribution in [3.05, 3.63) is 60.2 Å². The summed E-state index contributed by atoms with van der Waals surface area (Å²) in [5.74, 6) is 0.124. The van der Waals surface area contributed by atoms with Gasteiger partial charge in [0.15, 0.2) is 0 Å². The van der Waals surface area contributed by atoms with Gasteiger partial charge in [-0.05, 0) is 23.8 Å². The van der Waals surface area contributed by atoms with Crippen molar-refractivity contribution in [2.45, 2.75) is 19.3 Å². The van der Waals surface area contributed by atoms with Gasteiger partial charge in [-0.25, -0.2) is 0 Å². The number of nitrogens with zero attached hydrogens (tertiary/aromatic N) is 2. The molecule has 2 amide bonds. The van der Waals surface area contributed by atoms with E-state index < -0.39 is 0 Å². The predicted octanol–water partition coefficient (Wildman–Crippen LogP) is 3.19. The van der Waals surface area contributed by atoms with Crippen molar-refractivity contribution in [2.75, 3.05) is 23.4 Å². The van der Waals surface area contributed by atoms with Gasteiger partial charge in [0.05, 0.1) is 0 Å². The van der Waals surface area contributed by atoms with Crippen LogP contribution < -0.4 is 9.80 Å². The van der Waals surface area contributed by atoms with Gasteiger partial charge in [-0.1, -0.05) is 36.4 Å². The summed E-state index contributed by atoms with van der Waals surface area (Å²) < 4.78 is 0. The Morgan fingerprint density at radius 2 is 1.74 bits per heavy atom. The van der Waals surface area contributed by atoms with Gasteiger partial charge < -0.3 is 9.80 Å². The molecule has 0 aliphatic carbocycles. The minimum Gasteiger partial charge on any atom is -0.315 e. The van der Waals surface area contributed by atoms with Crippen molar-refractivity contribution in [3.63, 3.8) is 0 Å². The Hall–Kier alpha value is -2.62. The summed E-state index contributed by atoms with van der Waals surface area (Å²) >= 11 is 0. The number of hydrogen-bond acceptors (Lipinski definition) is 2. The van der Waals surface area contributed by atoms with Crippen LogP contribution in [0, 0.1) is 0 Å². The number of carbonyl (C=O) groups is 2. The molecule has 0 N–H and O–H groups in total. The SMILES string of the molecule is CC(=O)N1CC(CC(=O)N(C)c2ccccc2)c2ccccc21. The standard InChI is InChI=1S/C19H20N2O2/c1-14(22)21-13-15(17-10-6-7-11-18(17)21)12-19(23)20(2)16-8-4-3-5-9-16/h3-11,15H,12-13H2,1-2H3. The largest absolute Gasteiger partial charge is 0.315 e. The van der Waals surface area contributed by atoms with E-state index in [1.54, 1.807) is 23.8 Å². The maximum Gasteiger partial charge on any atom is 0.227 e. The number of para-hydroxylation sites is 2. The molecule has 0 bridgehead atoms. The Labute approximate surface area is 136 Å². The lowest BCUT2D eigenvalue weighted by molar-refractivity contribution is -0.119. The lowest BCUT2D eigenvalue weighted by atomic mass is 9.97. The van der Waals surface area contributed by atoms with E-state index in [0.717, 1.165) is 16.9 Å². The van der Waals surface area contributed by atoms with Crippen LogP contribution in [0.4, 0.5) is 11.4 Å². The number of fused-ring (bicyclic) bond motifs is 1. The van der Waals surface area contributed by atoms with Gasteiger partial charge in [0.2, 0.25) is 11.8 Å². The average molecular weight is 308 g/mol. The van der Waals surface area contributed by atoms with Crippen LogP contribution >= 0.6 is 0 Å². The van der Waals surface area contributed by atoms with Gasteiger partial charge in [-0.15, -0.1) is 0 Å². The first kappa shape index (κ1) is 15.3. The van der Waals surface area contributed by atoms with Crippen LogP contribution in [0.25, 0.3) is 0 Å². The number of hydrogen-bond donors (Lipinski definition) is 0. The van der Waals surface area contributed by atoms with Crippen LogP contribution in [0.3, 0.4) is 0 Å². The zero-order valence-electron chi connectivity index (χ0n) is 13.4. The number of anilines is 2. The molecule has 0 radical (unpaired) electrons. The van der Waals surface area contributed by atoms with E-state index in [-0.39, 0.29) is 17.7 Å². The quantitative estimate of drug-likeness (QED) is 0.873. The van der Waals surface area contributed by atoms with E-state index in [1.165, 1.54) is 0 Å². The first-order chi connectivity index (χ1) is 11.1. The lowest BCUT2D eigenvalue weighted by Crippen LogP contribution is -2.30. The fraction of sp³-hybridized carbons (Fsp3) is 0.263. The molecule has 0 fully saturated rings. The summed E-state index contributed by atoms with van der Waals surface area (Å²) in [6, 6.07) is 17.4. The van der Waals surface area contributed by atoms with Gasteiger partial charge in [0, 0.05) is 44.2 Å². The molecule has 1 heterocycles. The van der Waals surface area contributed by atoms with Gasteiger partial charge in [0.25, 0.3) is 0 Å². The Morgan fingerprint density at radius 1 is 1.09 bits per heavy atom. The zero-order chi connectivity index (χ0) is 16.4. The van der Waals surface area contributed by atoms with Crippen molar-refractivity contribution >= 4 is 23.2 Å². The molecule has 0 aromatic heterocycles. The van der Waals surface area contributed by atoms with Gasteiger partial charge >= 0.3 is 0 Å². The van der Waals surface area contributed by atoms with Crippen LogP contribution in [-0.4, -0.2) is 25.4 Å². The molecule has 1 unspecified atom stereocenters. The Kier molecular flexibility index (Phi) is 4.15. The van der Waals surface area contributed by atoms with E-state index in [9.17, 15) is 9.59 Å². The summed E-state index contributed by atoms with van der Waals surface area (Å²) in [4.78, 5) is 27.9. The maximum atomic E-state index is 12.6. The second-order valence-corrected chi connectivity index (χ2v) is 5.88. The van der Waals surface area contributed by atoms with E-state index in [0.29, 0.717) is 13.0 Å². The summed E-state index contributed by atoms with van der Waals surface area (Å²) in [5, 5.41) is 0. The first-order valence-electron chi connectivity index (χ1n) is 7.76. The molecule has 2 aromatic rings. The number of carbonyl (C=O) groups excluding carboxylic acids is 2. The van der Waals surface area contributed by atoms with Crippen molar-refractivity contribution in [1.82, 2.24) is 0 Å². The van der Waals surface area contributed by atoms with E-state index in [1.807, 2.05) is 54.6 Å². The highest BCUT2D eigenvalue weighted by Crippen LogP contribution is 2.38. The second-order valence-electron chi connectivity index (χ2n) is 5.88. The third-order valence-corrected chi connectivity index (χ3v) is 4.39. The van der Waals surface area contributed by atoms with E-state index in [4.69, 9.17) is 0 Å². The van der Waals surface area contributed by atoms with Crippen molar-refractivity contribution < 1.29 is 9.59 Å². The summed E-state index contributed by atoms with van der Waals surface area (Å²) in [7, 11) is 1.79. The van der Waals surface area contributed by atoms with Gasteiger partial charge in [0.1, 0.15) is 0 Å². The monoisotopic (exact) mass is 308 g/mol. The molecule has 2 aromatic carbocycles. The highest BCUT2D eigenvalue weighted by atomic mass is 16.2. The minimum absolute atomic E-state index is 0.0174. The van der Waals surface area contributed by atoms with E-state index in [2.05, 4.69) is 0 Å². The molecule has 3 rings (SSSR count). The Balaban J connectivity index is 1.78. The molecular weight excluding hydrogens is 288 g/mol. The number of rotatable bonds is 3. The second kappa shape index (κ2) is 6.24. The maximum absolute atomic E-state index is 12.6. The van der Waals surface area contributed by atoms with Crippen LogP contribution in [0.5, 0.6) is 0 Å². The zero-order valence-corrected chi connectivity index (χ0v) is 13.4. The molecule has 0 saturated carbocycles. The van der Waals surface area contributed by atoms with Crippen molar-refractivity contribution in [3.8, 4) is 0 Å². The number of benzene rings is 2. The molecule has 118 valence electrons. The highest BCUT2D eigenvalue weighted by molar-refractivity contribution is 5.96. The molecule has 1 aliphatic rings.